The van der Waals surface area contributed by atoms with Gasteiger partial charge >= 0.3 is 0 Å². The Balaban J connectivity index is 1.77. The number of nitrogens with one attached hydrogen (secondary N) is 2. The van der Waals surface area contributed by atoms with E-state index in [1.807, 2.05) is 36.4 Å². The van der Waals surface area contributed by atoms with Crippen molar-refractivity contribution in [1.29, 1.82) is 5.41 Å². The van der Waals surface area contributed by atoms with E-state index in [1.54, 1.807) is 22.9 Å². The van der Waals surface area contributed by atoms with Crippen molar-refractivity contribution in [3.05, 3.63) is 82.2 Å². The fourth-order valence-corrected chi connectivity index (χ4v) is 4.34. The van der Waals surface area contributed by atoms with Gasteiger partial charge in [0, 0.05) is 17.9 Å². The quantitative estimate of drug-likeness (QED) is 0.505. The molecule has 1 amide bonds. The second kappa shape index (κ2) is 7.83. The van der Waals surface area contributed by atoms with Crippen LogP contribution in [-0.2, 0) is 0 Å². The minimum atomic E-state index is -0.318. The number of carbonyl (C=O) groups is 1. The van der Waals surface area contributed by atoms with Crippen LogP contribution in [-0.4, -0.2) is 25.9 Å². The number of carbonyl (C=O) groups excluding carboxylic acids is 1. The normalized spacial score (nSPS) is 14.7. The molecule has 1 saturated carbocycles. The third-order valence-corrected chi connectivity index (χ3v) is 5.93. The molecule has 7 nitrogen and oxygen atoms in total. The third kappa shape index (κ3) is 3.42. The highest BCUT2D eigenvalue weighted by molar-refractivity contribution is 5.97. The van der Waals surface area contributed by atoms with Gasteiger partial charge in [-0.05, 0) is 43.2 Å². The molecule has 5 rings (SSSR count). The van der Waals surface area contributed by atoms with E-state index in [4.69, 9.17) is 5.41 Å². The largest absolute Gasteiger partial charge is 0.349 e. The molecule has 0 unspecified atom stereocenters. The van der Waals surface area contributed by atoms with Crippen LogP contribution in [0.1, 0.15) is 42.5 Å². The fraction of sp³-hybridized carbons (Fsp3) is 0.250. The van der Waals surface area contributed by atoms with Crippen LogP contribution in [0.15, 0.2) is 65.6 Å². The lowest BCUT2D eigenvalue weighted by molar-refractivity contribution is 0.0925. The number of pyridine rings is 2. The Morgan fingerprint density at radius 2 is 1.77 bits per heavy atom. The first kappa shape index (κ1) is 19.2. The first-order chi connectivity index (χ1) is 15.1. The van der Waals surface area contributed by atoms with Crippen molar-refractivity contribution in [3.63, 3.8) is 0 Å². The minimum Gasteiger partial charge on any atom is -0.349 e. The van der Waals surface area contributed by atoms with Crippen LogP contribution in [0.25, 0.3) is 22.4 Å². The maximum absolute atomic E-state index is 13.3. The first-order valence-electron chi connectivity index (χ1n) is 10.6. The second-order valence-corrected chi connectivity index (χ2v) is 7.97. The summed E-state index contributed by atoms with van der Waals surface area (Å²) < 4.78 is 3.05. The summed E-state index contributed by atoms with van der Waals surface area (Å²) in [6, 6.07) is 16.2. The molecule has 1 aromatic carbocycles. The molecule has 0 aliphatic heterocycles. The molecule has 4 aromatic rings. The molecule has 3 aromatic heterocycles. The molecule has 2 N–H and O–H groups in total. The molecule has 0 radical (unpaired) electrons. The van der Waals surface area contributed by atoms with Crippen LogP contribution in [0.5, 0.6) is 0 Å². The maximum atomic E-state index is 13.3. The molecule has 1 fully saturated rings. The summed E-state index contributed by atoms with van der Waals surface area (Å²) in [5.41, 5.74) is 1.45. The molecule has 31 heavy (non-hydrogen) atoms. The molecule has 3 heterocycles. The van der Waals surface area contributed by atoms with Crippen LogP contribution in [0, 0.1) is 5.41 Å². The number of fused-ring (bicyclic) bond motifs is 2. The predicted octanol–water partition coefficient (Wildman–Crippen LogP) is 3.18. The van der Waals surface area contributed by atoms with Gasteiger partial charge in [-0.1, -0.05) is 43.5 Å². The van der Waals surface area contributed by atoms with E-state index in [9.17, 15) is 9.59 Å². The van der Waals surface area contributed by atoms with Crippen LogP contribution >= 0.6 is 0 Å². The molecule has 1 aliphatic rings. The molecular weight excluding hydrogens is 390 g/mol. The van der Waals surface area contributed by atoms with Crippen molar-refractivity contribution in [1.82, 2.24) is 19.3 Å². The van der Waals surface area contributed by atoms with E-state index in [2.05, 4.69) is 10.3 Å². The van der Waals surface area contributed by atoms with Gasteiger partial charge in [-0.25, -0.2) is 4.98 Å². The third-order valence-electron chi connectivity index (χ3n) is 5.93. The van der Waals surface area contributed by atoms with Crippen LogP contribution in [0.2, 0.25) is 0 Å². The summed E-state index contributed by atoms with van der Waals surface area (Å²) in [7, 11) is 0. The number of benzene rings is 1. The van der Waals surface area contributed by atoms with E-state index in [1.165, 1.54) is 16.9 Å². The lowest BCUT2D eigenvalue weighted by atomic mass is 9.95. The van der Waals surface area contributed by atoms with E-state index in [-0.39, 0.29) is 28.6 Å². The Morgan fingerprint density at radius 3 is 2.55 bits per heavy atom. The van der Waals surface area contributed by atoms with Crippen molar-refractivity contribution in [2.75, 3.05) is 0 Å². The summed E-state index contributed by atoms with van der Waals surface area (Å²) in [5.74, 6) is -0.318. The average Bonchev–Trinajstić information content (AvgIpc) is 2.80. The summed E-state index contributed by atoms with van der Waals surface area (Å²) in [6.45, 7) is 0. The molecule has 0 atom stereocenters. The highest BCUT2D eigenvalue weighted by atomic mass is 16.2. The van der Waals surface area contributed by atoms with Gasteiger partial charge in [-0.2, -0.15) is 0 Å². The summed E-state index contributed by atoms with van der Waals surface area (Å²) in [4.78, 5) is 31.1. The first-order valence-corrected chi connectivity index (χ1v) is 10.6. The second-order valence-electron chi connectivity index (χ2n) is 7.97. The van der Waals surface area contributed by atoms with Gasteiger partial charge in [-0.15, -0.1) is 0 Å². The van der Waals surface area contributed by atoms with Gasteiger partial charge in [0.2, 0.25) is 0 Å². The molecule has 7 heteroatoms. The van der Waals surface area contributed by atoms with Crippen molar-refractivity contribution in [2.24, 2.45) is 0 Å². The topological polar surface area (TPSA) is 92.2 Å². The number of aromatic nitrogens is 3. The standard InChI is InChI=1S/C24H23N5O2/c25-21-18(23(30)26-16-9-3-1-4-10-16)15-19-22(29(21)17-11-5-2-6-12-17)27-20-13-7-8-14-28(20)24(19)31/h2,5-8,11-16,25H,1,3-4,9-10H2,(H,26,30). The van der Waals surface area contributed by atoms with Gasteiger partial charge in [-0.3, -0.25) is 24.0 Å². The van der Waals surface area contributed by atoms with E-state index < -0.39 is 0 Å². The monoisotopic (exact) mass is 413 g/mol. The van der Waals surface area contributed by atoms with Gasteiger partial charge in [0.25, 0.3) is 11.5 Å². The van der Waals surface area contributed by atoms with Crippen molar-refractivity contribution in [2.45, 2.75) is 38.1 Å². The maximum Gasteiger partial charge on any atom is 0.267 e. The number of para-hydroxylation sites is 1. The average molecular weight is 413 g/mol. The van der Waals surface area contributed by atoms with Crippen LogP contribution in [0.4, 0.5) is 0 Å². The van der Waals surface area contributed by atoms with Crippen LogP contribution < -0.4 is 16.4 Å². The van der Waals surface area contributed by atoms with Gasteiger partial charge in [0.05, 0.1) is 10.9 Å². The zero-order chi connectivity index (χ0) is 21.4. The van der Waals surface area contributed by atoms with Crippen molar-refractivity contribution >= 4 is 22.6 Å². The highest BCUT2D eigenvalue weighted by Gasteiger charge is 2.21. The Bertz CT molecular complexity index is 1400. The Morgan fingerprint density at radius 1 is 1.03 bits per heavy atom. The van der Waals surface area contributed by atoms with Crippen molar-refractivity contribution in [3.8, 4) is 5.69 Å². The van der Waals surface area contributed by atoms with Gasteiger partial charge in [0.1, 0.15) is 11.1 Å². The summed E-state index contributed by atoms with van der Waals surface area (Å²) >= 11 is 0. The smallest absolute Gasteiger partial charge is 0.267 e. The highest BCUT2D eigenvalue weighted by Crippen LogP contribution is 2.19. The molecule has 0 spiro atoms. The number of hydrogen-bond acceptors (Lipinski definition) is 4. The van der Waals surface area contributed by atoms with Gasteiger partial charge in [0.15, 0.2) is 5.65 Å². The lowest BCUT2D eigenvalue weighted by Gasteiger charge is -2.23. The molecule has 0 bridgehead atoms. The molecule has 1 aliphatic carbocycles. The Hall–Kier alpha value is -3.74. The minimum absolute atomic E-state index is 0.0131. The molecule has 0 saturated heterocycles. The summed E-state index contributed by atoms with van der Waals surface area (Å²) in [6.07, 6.45) is 6.93. The number of rotatable bonds is 3. The van der Waals surface area contributed by atoms with E-state index >= 15 is 0 Å². The number of hydrogen-bond donors (Lipinski definition) is 2. The number of amides is 1. The Labute approximate surface area is 178 Å². The number of nitrogens with zero attached hydrogens (tertiary/aromatic N) is 3. The lowest BCUT2D eigenvalue weighted by Crippen LogP contribution is -2.40. The summed E-state index contributed by atoms with van der Waals surface area (Å²) in [5, 5.41) is 12.2. The van der Waals surface area contributed by atoms with E-state index in [0.29, 0.717) is 22.4 Å². The fourth-order valence-electron chi connectivity index (χ4n) is 4.34. The van der Waals surface area contributed by atoms with Crippen molar-refractivity contribution < 1.29 is 4.79 Å². The van der Waals surface area contributed by atoms with Crippen LogP contribution in [0.3, 0.4) is 0 Å². The zero-order valence-electron chi connectivity index (χ0n) is 17.0. The van der Waals surface area contributed by atoms with Gasteiger partial charge < -0.3 is 5.32 Å². The zero-order valence-corrected chi connectivity index (χ0v) is 17.0. The Kier molecular flexibility index (Phi) is 4.86. The molecular formula is C24H23N5O2. The molecule has 156 valence electrons. The van der Waals surface area contributed by atoms with E-state index in [0.717, 1.165) is 25.7 Å². The predicted molar refractivity (Wildman–Crippen MR) is 118 cm³/mol. The SMILES string of the molecule is N=c1c(C(=O)NC2CCCCC2)cc2c(=O)n3ccccc3nc2n1-c1ccccc1.